The molecule has 1 aliphatic heterocycles. The minimum Gasteiger partial charge on any atom is -0.459 e. The Morgan fingerprint density at radius 2 is 1.69 bits per heavy atom. The van der Waals surface area contributed by atoms with Gasteiger partial charge >= 0.3 is 5.97 Å². The number of nitrogens with zero attached hydrogens (tertiary/aromatic N) is 1. The highest BCUT2D eigenvalue weighted by molar-refractivity contribution is 5.88. The molecule has 0 aliphatic carbocycles. The molecule has 1 heterocycles. The molecule has 0 aromatic rings. The number of aliphatic hydroxyl groups is 2. The summed E-state index contributed by atoms with van der Waals surface area (Å²) in [5, 5.41) is 26.7. The standard InChI is InChI=1S/C24H45NO7/c1-11-18-24(7,28)21(26)16(4)19(25-31-10)14(2)12-23(6,30-9)13-15(3)20(29-8)17(5)22(27)32-18/h14-18,20-21,26,28H,11-13H2,1-10H3/b25-19-/t14-,15-,16+,17-,18-,20+,21?,23-,24-/m1/s1. The van der Waals surface area contributed by atoms with Crippen molar-refractivity contribution < 1.29 is 34.1 Å². The predicted octanol–water partition coefficient (Wildman–Crippen LogP) is 3.18. The van der Waals surface area contributed by atoms with Gasteiger partial charge in [0.25, 0.3) is 0 Å². The van der Waals surface area contributed by atoms with E-state index in [2.05, 4.69) is 5.16 Å². The van der Waals surface area contributed by atoms with Gasteiger partial charge in [-0.3, -0.25) is 4.79 Å². The topological polar surface area (TPSA) is 107 Å². The molecule has 1 aliphatic rings. The van der Waals surface area contributed by atoms with Gasteiger partial charge in [0, 0.05) is 26.1 Å². The van der Waals surface area contributed by atoms with E-state index in [-0.39, 0.29) is 11.8 Å². The summed E-state index contributed by atoms with van der Waals surface area (Å²) in [6.45, 7) is 12.9. The molecule has 0 spiro atoms. The largest absolute Gasteiger partial charge is 0.459 e. The number of ether oxygens (including phenoxy) is 3. The fraction of sp³-hybridized carbons (Fsp3) is 0.917. The average Bonchev–Trinajstić information content (AvgIpc) is 2.73. The number of carbonyl (C=O) groups is 1. The number of esters is 1. The summed E-state index contributed by atoms with van der Waals surface area (Å²) in [5.74, 6) is -1.67. The maximum atomic E-state index is 13.0. The zero-order valence-corrected chi connectivity index (χ0v) is 21.5. The Hall–Kier alpha value is -1.22. The number of oxime groups is 1. The molecule has 0 aromatic carbocycles. The van der Waals surface area contributed by atoms with Gasteiger partial charge in [0.2, 0.25) is 0 Å². The Labute approximate surface area is 193 Å². The van der Waals surface area contributed by atoms with Gasteiger partial charge in [0.15, 0.2) is 0 Å². The fourth-order valence-electron chi connectivity index (χ4n) is 5.31. The van der Waals surface area contributed by atoms with Crippen LogP contribution in [-0.2, 0) is 23.8 Å². The van der Waals surface area contributed by atoms with Crippen molar-refractivity contribution in [2.45, 2.75) is 97.2 Å². The van der Waals surface area contributed by atoms with Crippen LogP contribution in [0.2, 0.25) is 0 Å². The fourth-order valence-corrected chi connectivity index (χ4v) is 5.31. The van der Waals surface area contributed by atoms with Gasteiger partial charge in [-0.25, -0.2) is 0 Å². The van der Waals surface area contributed by atoms with Gasteiger partial charge < -0.3 is 29.3 Å². The molecular weight excluding hydrogens is 414 g/mol. The molecular formula is C24H45NO7. The second-order valence-electron chi connectivity index (χ2n) is 9.92. The first kappa shape index (κ1) is 28.8. The van der Waals surface area contributed by atoms with Crippen LogP contribution in [0.3, 0.4) is 0 Å². The van der Waals surface area contributed by atoms with Gasteiger partial charge in [-0.15, -0.1) is 0 Å². The van der Waals surface area contributed by atoms with E-state index in [9.17, 15) is 15.0 Å². The van der Waals surface area contributed by atoms with Crippen molar-refractivity contribution in [1.82, 2.24) is 0 Å². The minimum atomic E-state index is -1.69. The Kier molecular flexibility index (Phi) is 10.6. The molecule has 1 saturated heterocycles. The highest BCUT2D eigenvalue weighted by Gasteiger charge is 2.47. The lowest BCUT2D eigenvalue weighted by Crippen LogP contribution is -2.56. The van der Waals surface area contributed by atoms with Crippen LogP contribution in [0, 0.1) is 23.7 Å². The summed E-state index contributed by atoms with van der Waals surface area (Å²) < 4.78 is 17.4. The molecule has 1 fully saturated rings. The van der Waals surface area contributed by atoms with Gasteiger partial charge in [-0.1, -0.05) is 32.9 Å². The molecule has 9 atom stereocenters. The SMILES string of the molecule is CC[C@H]1OC(=O)[C@H](C)[C@@H](OC)[C@H](C)C[C@](C)(OC)C[C@@H](C)/C(=N/OC)[C@H](C)C(O)[C@]1(C)O. The van der Waals surface area contributed by atoms with Crippen LogP contribution in [0.4, 0.5) is 0 Å². The van der Waals surface area contributed by atoms with Crippen LogP contribution in [0.25, 0.3) is 0 Å². The van der Waals surface area contributed by atoms with Crippen molar-refractivity contribution >= 4 is 11.7 Å². The third kappa shape index (κ3) is 6.43. The lowest BCUT2D eigenvalue weighted by atomic mass is 9.75. The van der Waals surface area contributed by atoms with Crippen LogP contribution < -0.4 is 0 Å². The molecule has 0 aromatic heterocycles. The van der Waals surface area contributed by atoms with E-state index in [1.807, 2.05) is 27.7 Å². The van der Waals surface area contributed by atoms with Crippen molar-refractivity contribution in [3.8, 4) is 0 Å². The normalized spacial score (nSPS) is 44.1. The van der Waals surface area contributed by atoms with Crippen molar-refractivity contribution in [3.63, 3.8) is 0 Å². The number of carbonyl (C=O) groups excluding carboxylic acids is 1. The van der Waals surface area contributed by atoms with Crippen molar-refractivity contribution in [2.75, 3.05) is 21.3 Å². The monoisotopic (exact) mass is 459 g/mol. The van der Waals surface area contributed by atoms with Crippen LogP contribution in [0.1, 0.15) is 67.7 Å². The predicted molar refractivity (Wildman–Crippen MR) is 123 cm³/mol. The Bertz CT molecular complexity index is 638. The highest BCUT2D eigenvalue weighted by atomic mass is 16.6. The zero-order valence-electron chi connectivity index (χ0n) is 21.5. The maximum Gasteiger partial charge on any atom is 0.311 e. The molecule has 1 rings (SSSR count). The van der Waals surface area contributed by atoms with Crippen LogP contribution >= 0.6 is 0 Å². The molecule has 0 amide bonds. The Morgan fingerprint density at radius 3 is 2.16 bits per heavy atom. The summed E-state index contributed by atoms with van der Waals surface area (Å²) in [4.78, 5) is 18.1. The van der Waals surface area contributed by atoms with Crippen LogP contribution in [-0.4, -0.2) is 72.7 Å². The van der Waals surface area contributed by atoms with E-state index in [4.69, 9.17) is 19.0 Å². The van der Waals surface area contributed by atoms with Gasteiger partial charge in [-0.05, 0) is 46.0 Å². The first-order valence-corrected chi connectivity index (χ1v) is 11.6. The average molecular weight is 460 g/mol. The maximum absolute atomic E-state index is 13.0. The van der Waals surface area contributed by atoms with Gasteiger partial charge in [0.1, 0.15) is 18.8 Å². The Morgan fingerprint density at radius 1 is 1.09 bits per heavy atom. The molecule has 2 N–H and O–H groups in total. The zero-order chi connectivity index (χ0) is 24.9. The van der Waals surface area contributed by atoms with Crippen molar-refractivity contribution in [2.24, 2.45) is 28.8 Å². The third-order valence-electron chi connectivity index (χ3n) is 7.20. The molecule has 0 bridgehead atoms. The van der Waals surface area contributed by atoms with Crippen LogP contribution in [0.5, 0.6) is 0 Å². The summed E-state index contributed by atoms with van der Waals surface area (Å²) in [7, 11) is 4.72. The third-order valence-corrected chi connectivity index (χ3v) is 7.20. The number of aliphatic hydroxyl groups excluding tert-OH is 1. The molecule has 8 heteroatoms. The number of methoxy groups -OCH3 is 2. The molecule has 0 radical (unpaired) electrons. The second kappa shape index (κ2) is 11.8. The van der Waals surface area contributed by atoms with Crippen molar-refractivity contribution in [1.29, 1.82) is 0 Å². The molecule has 32 heavy (non-hydrogen) atoms. The molecule has 188 valence electrons. The van der Waals surface area contributed by atoms with Gasteiger partial charge in [-0.2, -0.15) is 0 Å². The van der Waals surface area contributed by atoms with E-state index in [1.54, 1.807) is 28.1 Å². The lowest BCUT2D eigenvalue weighted by Gasteiger charge is -2.42. The number of hydrogen-bond acceptors (Lipinski definition) is 8. The number of cyclic esters (lactones) is 1. The van der Waals surface area contributed by atoms with E-state index < -0.39 is 47.3 Å². The summed E-state index contributed by atoms with van der Waals surface area (Å²) in [6, 6.07) is 0. The minimum absolute atomic E-state index is 0.00550. The quantitative estimate of drug-likeness (QED) is 0.491. The summed E-state index contributed by atoms with van der Waals surface area (Å²) in [5.41, 5.74) is -1.61. The highest BCUT2D eigenvalue weighted by Crippen LogP contribution is 2.36. The van der Waals surface area contributed by atoms with Crippen molar-refractivity contribution in [3.05, 3.63) is 0 Å². The number of hydrogen-bond donors (Lipinski definition) is 2. The Balaban J connectivity index is 3.56. The van der Waals surface area contributed by atoms with Gasteiger partial charge in [0.05, 0.1) is 29.4 Å². The van der Waals surface area contributed by atoms with E-state index in [0.717, 1.165) is 0 Å². The molecule has 8 nitrogen and oxygen atoms in total. The molecule has 1 unspecified atom stereocenters. The lowest BCUT2D eigenvalue weighted by molar-refractivity contribution is -0.190. The summed E-state index contributed by atoms with van der Waals surface area (Å²) in [6.07, 6.45) is -0.919. The van der Waals surface area contributed by atoms with E-state index in [1.165, 1.54) is 14.0 Å². The molecule has 0 saturated carbocycles. The first-order chi connectivity index (χ1) is 14.8. The smallest absolute Gasteiger partial charge is 0.311 e. The first-order valence-electron chi connectivity index (χ1n) is 11.6. The van der Waals surface area contributed by atoms with E-state index >= 15 is 0 Å². The second-order valence-corrected chi connectivity index (χ2v) is 9.92. The number of rotatable bonds is 4. The summed E-state index contributed by atoms with van der Waals surface area (Å²) >= 11 is 0. The van der Waals surface area contributed by atoms with Crippen LogP contribution in [0.15, 0.2) is 5.16 Å². The van der Waals surface area contributed by atoms with E-state index in [0.29, 0.717) is 25.0 Å².